The van der Waals surface area contributed by atoms with Crippen molar-refractivity contribution >= 4 is 44.6 Å². The molecule has 1 aromatic heterocycles. The van der Waals surface area contributed by atoms with Gasteiger partial charge in [0.05, 0.1) is 34.7 Å². The summed E-state index contributed by atoms with van der Waals surface area (Å²) in [5, 5.41) is 14.8. The molecule has 0 saturated carbocycles. The second kappa shape index (κ2) is 9.85. The third-order valence-corrected chi connectivity index (χ3v) is 5.93. The molecule has 3 rings (SSSR count). The highest BCUT2D eigenvalue weighted by Crippen LogP contribution is 2.39. The van der Waals surface area contributed by atoms with Crippen molar-refractivity contribution in [3.8, 4) is 11.5 Å². The largest absolute Gasteiger partial charge is 0.495 e. The monoisotopic (exact) mass is 494 g/mol. The van der Waals surface area contributed by atoms with Gasteiger partial charge in [0.25, 0.3) is 10.0 Å². The van der Waals surface area contributed by atoms with E-state index in [-0.39, 0.29) is 33.0 Å². The first-order valence-corrected chi connectivity index (χ1v) is 11.0. The van der Waals surface area contributed by atoms with E-state index in [1.165, 1.54) is 38.5 Å². The van der Waals surface area contributed by atoms with Crippen molar-refractivity contribution < 1.29 is 22.8 Å². The van der Waals surface area contributed by atoms with Gasteiger partial charge in [0.2, 0.25) is 11.6 Å². The Morgan fingerprint density at radius 3 is 2.27 bits per heavy atom. The van der Waals surface area contributed by atoms with E-state index in [0.717, 1.165) is 11.9 Å². The molecular formula is C19H19ClN6O6S. The number of hydrogen-bond donors (Lipinski definition) is 3. The number of anilines is 3. The number of hydrazine groups is 1. The zero-order valence-corrected chi connectivity index (χ0v) is 19.2. The summed E-state index contributed by atoms with van der Waals surface area (Å²) < 4.78 is 35.4. The van der Waals surface area contributed by atoms with Crippen molar-refractivity contribution in [3.05, 3.63) is 63.4 Å². The van der Waals surface area contributed by atoms with Crippen molar-refractivity contribution in [2.24, 2.45) is 0 Å². The van der Waals surface area contributed by atoms with Crippen LogP contribution in [0.1, 0.15) is 5.56 Å². The standard InChI is InChI=1S/C19H19ClN6O6S/c1-11-4-6-12(7-5-11)33(29,30)25-24-19-17(26(27)28)18(21-10-22-19)23-14-8-13(20)15(31-2)9-16(14)32-3/h4-10,25H,1-3H3,(H2,21,22,23,24). The number of nitrogens with one attached hydrogen (secondary N) is 3. The summed E-state index contributed by atoms with van der Waals surface area (Å²) in [6.45, 7) is 1.81. The molecule has 0 radical (unpaired) electrons. The molecule has 0 atom stereocenters. The summed E-state index contributed by atoms with van der Waals surface area (Å²) in [4.78, 5) is 20.8. The average Bonchev–Trinajstić information content (AvgIpc) is 2.78. The highest BCUT2D eigenvalue weighted by atomic mass is 35.5. The molecule has 174 valence electrons. The van der Waals surface area contributed by atoms with Crippen LogP contribution in [0.3, 0.4) is 0 Å². The van der Waals surface area contributed by atoms with E-state index in [2.05, 4.69) is 25.5 Å². The van der Waals surface area contributed by atoms with Gasteiger partial charge in [0.1, 0.15) is 17.8 Å². The number of methoxy groups -OCH3 is 2. The molecule has 14 heteroatoms. The summed E-state index contributed by atoms with van der Waals surface area (Å²) in [6, 6.07) is 8.99. The van der Waals surface area contributed by atoms with Crippen LogP contribution in [0.5, 0.6) is 11.5 Å². The molecule has 0 aliphatic heterocycles. The lowest BCUT2D eigenvalue weighted by molar-refractivity contribution is -0.383. The predicted octanol–water partition coefficient (Wildman–Crippen LogP) is 3.41. The minimum absolute atomic E-state index is 0.0340. The van der Waals surface area contributed by atoms with Crippen LogP contribution in [-0.4, -0.2) is 37.5 Å². The summed E-state index contributed by atoms with van der Waals surface area (Å²) in [5.74, 6) is 0.00111. The number of sulfonamides is 1. The van der Waals surface area contributed by atoms with Gasteiger partial charge in [0, 0.05) is 6.07 Å². The fourth-order valence-corrected chi connectivity index (χ4v) is 3.80. The van der Waals surface area contributed by atoms with Crippen molar-refractivity contribution in [3.63, 3.8) is 0 Å². The normalized spacial score (nSPS) is 11.0. The first-order valence-electron chi connectivity index (χ1n) is 9.18. The maximum absolute atomic E-state index is 12.5. The molecule has 2 aromatic carbocycles. The molecule has 0 aliphatic carbocycles. The zero-order chi connectivity index (χ0) is 24.2. The molecule has 33 heavy (non-hydrogen) atoms. The lowest BCUT2D eigenvalue weighted by Gasteiger charge is -2.14. The van der Waals surface area contributed by atoms with Gasteiger partial charge in [-0.2, -0.15) is 0 Å². The molecule has 0 fully saturated rings. The topological polar surface area (TPSA) is 158 Å². The number of aromatic nitrogens is 2. The second-order valence-corrected chi connectivity index (χ2v) is 8.62. The summed E-state index contributed by atoms with van der Waals surface area (Å²) >= 11 is 6.15. The van der Waals surface area contributed by atoms with Gasteiger partial charge in [-0.15, -0.1) is 4.83 Å². The first kappa shape index (κ1) is 24.0. The van der Waals surface area contributed by atoms with E-state index in [0.29, 0.717) is 5.75 Å². The minimum atomic E-state index is -4.03. The van der Waals surface area contributed by atoms with Gasteiger partial charge in [-0.05, 0) is 25.1 Å². The number of ether oxygens (including phenoxy) is 2. The molecule has 12 nitrogen and oxygen atoms in total. The highest BCUT2D eigenvalue weighted by Gasteiger charge is 2.26. The maximum atomic E-state index is 12.5. The summed E-state index contributed by atoms with van der Waals surface area (Å²) in [7, 11) is -1.20. The Morgan fingerprint density at radius 1 is 1.03 bits per heavy atom. The molecule has 0 bridgehead atoms. The van der Waals surface area contributed by atoms with Gasteiger partial charge in [-0.3, -0.25) is 15.5 Å². The average molecular weight is 495 g/mol. The van der Waals surface area contributed by atoms with Crippen LogP contribution in [0.2, 0.25) is 5.02 Å². The highest BCUT2D eigenvalue weighted by molar-refractivity contribution is 7.89. The van der Waals surface area contributed by atoms with Crippen LogP contribution in [0.25, 0.3) is 0 Å². The van der Waals surface area contributed by atoms with E-state index < -0.39 is 20.6 Å². The fraction of sp³-hybridized carbons (Fsp3) is 0.158. The molecule has 1 heterocycles. The third kappa shape index (κ3) is 5.39. The SMILES string of the molecule is COc1cc(OC)c(Nc2ncnc(NNS(=O)(=O)c3ccc(C)cc3)c2[N+](=O)[O-])cc1Cl. The number of rotatable bonds is 9. The Bertz CT molecular complexity index is 1290. The van der Waals surface area contributed by atoms with Gasteiger partial charge < -0.3 is 14.8 Å². The Hall–Kier alpha value is -3.68. The van der Waals surface area contributed by atoms with E-state index >= 15 is 0 Å². The lowest BCUT2D eigenvalue weighted by atomic mass is 10.2. The van der Waals surface area contributed by atoms with E-state index in [4.69, 9.17) is 21.1 Å². The maximum Gasteiger partial charge on any atom is 0.354 e. The van der Waals surface area contributed by atoms with Crippen LogP contribution in [0.4, 0.5) is 23.0 Å². The third-order valence-electron chi connectivity index (χ3n) is 4.37. The smallest absolute Gasteiger partial charge is 0.354 e. The molecular weight excluding hydrogens is 476 g/mol. The van der Waals surface area contributed by atoms with E-state index in [9.17, 15) is 18.5 Å². The molecule has 0 saturated heterocycles. The first-order chi connectivity index (χ1) is 15.7. The summed E-state index contributed by atoms with van der Waals surface area (Å²) in [5.41, 5.74) is 2.81. The molecule has 0 aliphatic rings. The van der Waals surface area contributed by atoms with Crippen molar-refractivity contribution in [1.82, 2.24) is 14.8 Å². The number of nitro groups is 1. The van der Waals surface area contributed by atoms with Crippen molar-refractivity contribution in [1.29, 1.82) is 0 Å². The number of hydrogen-bond acceptors (Lipinski definition) is 10. The van der Waals surface area contributed by atoms with E-state index in [1.54, 1.807) is 12.1 Å². The predicted molar refractivity (Wildman–Crippen MR) is 122 cm³/mol. The van der Waals surface area contributed by atoms with Crippen molar-refractivity contribution in [2.45, 2.75) is 11.8 Å². The van der Waals surface area contributed by atoms with Gasteiger partial charge >= 0.3 is 5.69 Å². The summed E-state index contributed by atoms with van der Waals surface area (Å²) in [6.07, 6.45) is 1.02. The molecule has 0 unspecified atom stereocenters. The number of halogens is 1. The zero-order valence-electron chi connectivity index (χ0n) is 17.6. The molecule has 3 aromatic rings. The van der Waals surface area contributed by atoms with Gasteiger partial charge in [0.15, 0.2) is 0 Å². The number of nitrogens with zero attached hydrogens (tertiary/aromatic N) is 3. The fourth-order valence-electron chi connectivity index (χ4n) is 2.71. The molecule has 3 N–H and O–H groups in total. The lowest BCUT2D eigenvalue weighted by Crippen LogP contribution is -2.30. The Kier molecular flexibility index (Phi) is 7.16. The van der Waals surface area contributed by atoms with Gasteiger partial charge in [-0.25, -0.2) is 18.4 Å². The van der Waals surface area contributed by atoms with Crippen LogP contribution in [0, 0.1) is 17.0 Å². The minimum Gasteiger partial charge on any atom is -0.495 e. The molecule has 0 spiro atoms. The Morgan fingerprint density at radius 2 is 1.67 bits per heavy atom. The number of benzene rings is 2. The molecule has 0 amide bonds. The second-order valence-electron chi connectivity index (χ2n) is 6.53. The quantitative estimate of drug-likeness (QED) is 0.297. The van der Waals surface area contributed by atoms with Gasteiger partial charge in [-0.1, -0.05) is 29.3 Å². The van der Waals surface area contributed by atoms with Crippen molar-refractivity contribution in [2.75, 3.05) is 25.0 Å². The Labute approximate surface area is 194 Å². The van der Waals surface area contributed by atoms with Crippen LogP contribution in [0.15, 0.2) is 47.6 Å². The van der Waals surface area contributed by atoms with E-state index in [1.807, 2.05) is 6.92 Å². The van der Waals surface area contributed by atoms with Crippen LogP contribution in [-0.2, 0) is 10.0 Å². The number of aryl methyl sites for hydroxylation is 1. The van der Waals surface area contributed by atoms with Crippen LogP contribution >= 0.6 is 11.6 Å². The van der Waals surface area contributed by atoms with Crippen LogP contribution < -0.4 is 25.0 Å². The Balaban J connectivity index is 1.93.